The number of nitrogens with two attached hydrogens (primary N) is 1. The Bertz CT molecular complexity index is 629. The molecule has 0 aromatic carbocycles. The highest BCUT2D eigenvalue weighted by atomic mass is 32.2. The summed E-state index contributed by atoms with van der Waals surface area (Å²) in [6.07, 6.45) is 5.63. The summed E-state index contributed by atoms with van der Waals surface area (Å²) >= 11 is 0. The molecule has 116 valence electrons. The van der Waals surface area contributed by atoms with Crippen LogP contribution in [0.5, 0.6) is 0 Å². The van der Waals surface area contributed by atoms with Crippen molar-refractivity contribution in [3.05, 3.63) is 18.0 Å². The zero-order chi connectivity index (χ0) is 14.8. The minimum Gasteiger partial charge on any atom is -0.349 e. The molecule has 1 aromatic heterocycles. The summed E-state index contributed by atoms with van der Waals surface area (Å²) in [5.41, 5.74) is 6.55. The van der Waals surface area contributed by atoms with Crippen molar-refractivity contribution >= 4 is 10.0 Å². The van der Waals surface area contributed by atoms with E-state index in [1.807, 2.05) is 11.5 Å². The second kappa shape index (κ2) is 4.57. The van der Waals surface area contributed by atoms with Gasteiger partial charge in [-0.1, -0.05) is 0 Å². The summed E-state index contributed by atoms with van der Waals surface area (Å²) < 4.78 is 30.0. The molecule has 1 aromatic rings. The summed E-state index contributed by atoms with van der Waals surface area (Å²) in [4.78, 5) is 0.363. The minimum atomic E-state index is -3.41. The van der Waals surface area contributed by atoms with Crippen molar-refractivity contribution in [3.63, 3.8) is 0 Å². The Labute approximate surface area is 125 Å². The van der Waals surface area contributed by atoms with Crippen molar-refractivity contribution in [1.29, 1.82) is 0 Å². The van der Waals surface area contributed by atoms with Gasteiger partial charge in [-0.25, -0.2) is 13.1 Å². The van der Waals surface area contributed by atoms with Crippen LogP contribution in [0.15, 0.2) is 17.2 Å². The maximum absolute atomic E-state index is 12.6. The van der Waals surface area contributed by atoms with E-state index in [1.165, 1.54) is 19.3 Å². The number of rotatable bonds is 5. The van der Waals surface area contributed by atoms with Crippen molar-refractivity contribution in [1.82, 2.24) is 9.29 Å². The Balaban J connectivity index is 1.53. The van der Waals surface area contributed by atoms with Crippen LogP contribution in [0.3, 0.4) is 0 Å². The maximum Gasteiger partial charge on any atom is 0.242 e. The Morgan fingerprint density at radius 1 is 1.33 bits per heavy atom. The van der Waals surface area contributed by atoms with E-state index in [1.54, 1.807) is 12.3 Å². The number of nitrogens with one attached hydrogen (secondary N) is 1. The van der Waals surface area contributed by atoms with Crippen molar-refractivity contribution in [2.45, 2.75) is 50.2 Å². The Hall–Kier alpha value is -0.850. The zero-order valence-electron chi connectivity index (χ0n) is 12.3. The molecule has 4 unspecified atom stereocenters. The molecule has 6 heteroatoms. The summed E-state index contributed by atoms with van der Waals surface area (Å²) in [5.74, 6) is 2.77. The van der Waals surface area contributed by atoms with Crippen LogP contribution in [-0.2, 0) is 23.1 Å². The average molecular weight is 309 g/mol. The summed E-state index contributed by atoms with van der Waals surface area (Å²) in [6.45, 7) is 3.09. The molecular formula is C15H23N3O2S. The number of aromatic nitrogens is 1. The number of fused-ring (bicyclic) bond motifs is 5. The third-order valence-electron chi connectivity index (χ3n) is 5.85. The van der Waals surface area contributed by atoms with Gasteiger partial charge in [-0.2, -0.15) is 0 Å². The molecule has 4 atom stereocenters. The number of aryl methyl sites for hydroxylation is 1. The van der Waals surface area contributed by atoms with Crippen molar-refractivity contribution < 1.29 is 8.42 Å². The van der Waals surface area contributed by atoms with E-state index < -0.39 is 10.0 Å². The predicted molar refractivity (Wildman–Crippen MR) is 79.9 cm³/mol. The first kappa shape index (κ1) is 13.8. The molecule has 3 aliphatic rings. The Morgan fingerprint density at radius 2 is 2.00 bits per heavy atom. The fourth-order valence-corrected chi connectivity index (χ4v) is 6.23. The number of nitrogens with zero attached hydrogens (tertiary/aromatic N) is 1. The quantitative estimate of drug-likeness (QED) is 0.860. The molecule has 2 bridgehead atoms. The van der Waals surface area contributed by atoms with E-state index in [0.29, 0.717) is 23.3 Å². The molecule has 1 heterocycles. The van der Waals surface area contributed by atoms with Gasteiger partial charge < -0.3 is 10.3 Å². The highest BCUT2D eigenvalue weighted by molar-refractivity contribution is 7.89. The second-order valence-electron chi connectivity index (χ2n) is 6.79. The number of hydrogen-bond donors (Lipinski definition) is 2. The molecule has 3 aliphatic carbocycles. The second-order valence-corrected chi connectivity index (χ2v) is 8.51. The minimum absolute atomic E-state index is 0.188. The molecule has 0 amide bonds. The van der Waals surface area contributed by atoms with Gasteiger partial charge in [0.05, 0.1) is 4.90 Å². The van der Waals surface area contributed by atoms with Crippen LogP contribution >= 0.6 is 0 Å². The van der Waals surface area contributed by atoms with Gasteiger partial charge in [0.2, 0.25) is 10.0 Å². The Kier molecular flexibility index (Phi) is 3.00. The first-order chi connectivity index (χ1) is 10.0. The van der Waals surface area contributed by atoms with Gasteiger partial charge in [0.1, 0.15) is 0 Å². The van der Waals surface area contributed by atoms with Crippen LogP contribution in [0.1, 0.15) is 31.9 Å². The topological polar surface area (TPSA) is 77.1 Å². The monoisotopic (exact) mass is 309 g/mol. The summed E-state index contributed by atoms with van der Waals surface area (Å²) in [7, 11) is -3.41. The molecule has 0 saturated heterocycles. The van der Waals surface area contributed by atoms with E-state index in [4.69, 9.17) is 5.73 Å². The first-order valence-electron chi connectivity index (χ1n) is 7.96. The normalized spacial score (nSPS) is 37.0. The molecule has 4 rings (SSSR count). The van der Waals surface area contributed by atoms with E-state index in [9.17, 15) is 8.42 Å². The van der Waals surface area contributed by atoms with Crippen LogP contribution in [0.25, 0.3) is 0 Å². The van der Waals surface area contributed by atoms with Crippen molar-refractivity contribution in [2.75, 3.05) is 0 Å². The van der Waals surface area contributed by atoms with Gasteiger partial charge in [-0.3, -0.25) is 0 Å². The average Bonchev–Trinajstić information content (AvgIpc) is 2.92. The molecule has 0 spiro atoms. The highest BCUT2D eigenvalue weighted by Gasteiger charge is 2.65. The largest absolute Gasteiger partial charge is 0.349 e. The van der Waals surface area contributed by atoms with Crippen LogP contribution in [0, 0.1) is 23.7 Å². The molecule has 5 nitrogen and oxygen atoms in total. The number of sulfonamides is 1. The number of hydrogen-bond acceptors (Lipinski definition) is 3. The van der Waals surface area contributed by atoms with Gasteiger partial charge >= 0.3 is 0 Å². The summed E-state index contributed by atoms with van der Waals surface area (Å²) in [6, 6.07) is 1.89. The van der Waals surface area contributed by atoms with E-state index in [0.717, 1.165) is 24.1 Å². The van der Waals surface area contributed by atoms with Gasteiger partial charge in [0, 0.05) is 31.0 Å². The first-order valence-corrected chi connectivity index (χ1v) is 9.45. The summed E-state index contributed by atoms with van der Waals surface area (Å²) in [5, 5.41) is 0. The third kappa shape index (κ3) is 1.99. The fourth-order valence-electron chi connectivity index (χ4n) is 4.87. The molecule has 0 radical (unpaired) electrons. The van der Waals surface area contributed by atoms with E-state index in [2.05, 4.69) is 4.72 Å². The van der Waals surface area contributed by atoms with Crippen LogP contribution in [0.4, 0.5) is 0 Å². The van der Waals surface area contributed by atoms with Crippen LogP contribution < -0.4 is 10.5 Å². The maximum atomic E-state index is 12.6. The molecule has 0 aliphatic heterocycles. The van der Waals surface area contributed by atoms with Gasteiger partial charge in [0.15, 0.2) is 0 Å². The van der Waals surface area contributed by atoms with Crippen molar-refractivity contribution in [3.8, 4) is 0 Å². The molecule has 3 N–H and O–H groups in total. The lowest BCUT2D eigenvalue weighted by molar-refractivity contribution is 0.456. The Morgan fingerprint density at radius 3 is 2.52 bits per heavy atom. The zero-order valence-corrected chi connectivity index (χ0v) is 13.1. The van der Waals surface area contributed by atoms with E-state index in [-0.39, 0.29) is 6.04 Å². The highest BCUT2D eigenvalue weighted by Crippen LogP contribution is 2.65. The lowest BCUT2D eigenvalue weighted by Crippen LogP contribution is -2.29. The van der Waals surface area contributed by atoms with Crippen LogP contribution in [0.2, 0.25) is 0 Å². The molecular weight excluding hydrogens is 286 g/mol. The fraction of sp³-hybridized carbons (Fsp3) is 0.733. The SMILES string of the molecule is CCn1cc(S(=O)(=O)NC2C3C4CCC(C4)C23)cc1CN. The van der Waals surface area contributed by atoms with Crippen molar-refractivity contribution in [2.24, 2.45) is 29.4 Å². The van der Waals surface area contributed by atoms with E-state index >= 15 is 0 Å². The molecule has 3 saturated carbocycles. The van der Waals surface area contributed by atoms with Gasteiger partial charge in [-0.15, -0.1) is 0 Å². The standard InChI is InChI=1S/C15H23N3O2S/c1-2-18-8-12(6-11(18)7-16)21(19,20)17-15-13-9-3-4-10(5-9)14(13)15/h6,8-10,13-15,17H,2-5,7,16H2,1H3. The van der Waals surface area contributed by atoms with Crippen LogP contribution in [-0.4, -0.2) is 19.0 Å². The van der Waals surface area contributed by atoms with Gasteiger partial charge in [-0.05, 0) is 55.9 Å². The lowest BCUT2D eigenvalue weighted by atomic mass is 10.0. The third-order valence-corrected chi connectivity index (χ3v) is 7.27. The van der Waals surface area contributed by atoms with Gasteiger partial charge in [0.25, 0.3) is 0 Å². The molecule has 3 fully saturated rings. The predicted octanol–water partition coefficient (Wildman–Crippen LogP) is 1.29. The lowest BCUT2D eigenvalue weighted by Gasteiger charge is -2.10. The molecule has 21 heavy (non-hydrogen) atoms. The smallest absolute Gasteiger partial charge is 0.242 e.